The molecule has 6 aromatic carbocycles. The van der Waals surface area contributed by atoms with Crippen molar-refractivity contribution in [3.8, 4) is 22.3 Å². The molecule has 0 atom stereocenters. The Labute approximate surface area is 294 Å². The first-order valence-electron chi connectivity index (χ1n) is 17.9. The molecule has 0 radical (unpaired) electrons. The SMILES string of the molecule is CC1(C)C2=C(C=CCC2)c2ccc(N(c3ccc(-c4ccccc4)cc3)c3ccc4c(c3)oc3ccc5c(c34)C(C)(C)c3ccccc3-5)cc21. The molecule has 2 nitrogen and oxygen atoms in total. The normalized spacial score (nSPS) is 16.4. The summed E-state index contributed by atoms with van der Waals surface area (Å²) in [5.74, 6) is 0. The van der Waals surface area contributed by atoms with E-state index in [1.165, 1.54) is 60.9 Å². The summed E-state index contributed by atoms with van der Waals surface area (Å²) in [5, 5.41) is 2.40. The lowest BCUT2D eigenvalue weighted by Crippen LogP contribution is -2.18. The minimum Gasteiger partial charge on any atom is -0.456 e. The van der Waals surface area contributed by atoms with Gasteiger partial charge >= 0.3 is 0 Å². The molecule has 0 amide bonds. The quantitative estimate of drug-likeness (QED) is 0.189. The highest BCUT2D eigenvalue weighted by Crippen LogP contribution is 2.54. The number of anilines is 3. The minimum absolute atomic E-state index is 0.0122. The predicted molar refractivity (Wildman–Crippen MR) is 210 cm³/mol. The van der Waals surface area contributed by atoms with Crippen molar-refractivity contribution >= 4 is 44.6 Å². The molecule has 0 saturated heterocycles. The zero-order chi connectivity index (χ0) is 33.8. The summed E-state index contributed by atoms with van der Waals surface area (Å²) in [6.07, 6.45) is 6.92. The number of allylic oxidation sites excluding steroid dienone is 4. The lowest BCUT2D eigenvalue weighted by molar-refractivity contribution is 0.607. The molecule has 3 aliphatic rings. The summed E-state index contributed by atoms with van der Waals surface area (Å²) in [5.41, 5.74) is 18.6. The van der Waals surface area contributed by atoms with Crippen LogP contribution in [0.4, 0.5) is 17.1 Å². The van der Waals surface area contributed by atoms with E-state index in [2.05, 4.69) is 172 Å². The number of hydrogen-bond donors (Lipinski definition) is 0. The van der Waals surface area contributed by atoms with Gasteiger partial charge in [0, 0.05) is 44.7 Å². The van der Waals surface area contributed by atoms with Gasteiger partial charge in [0.2, 0.25) is 0 Å². The van der Waals surface area contributed by atoms with Crippen LogP contribution in [0.15, 0.2) is 150 Å². The van der Waals surface area contributed by atoms with Crippen molar-refractivity contribution < 1.29 is 4.42 Å². The molecule has 0 bridgehead atoms. The van der Waals surface area contributed by atoms with Crippen LogP contribution in [-0.2, 0) is 10.8 Å². The summed E-state index contributed by atoms with van der Waals surface area (Å²) in [6.45, 7) is 9.50. The number of rotatable bonds is 4. The highest BCUT2D eigenvalue weighted by atomic mass is 16.3. The Morgan fingerprint density at radius 3 is 2.10 bits per heavy atom. The maximum Gasteiger partial charge on any atom is 0.137 e. The maximum atomic E-state index is 6.74. The molecule has 2 heteroatoms. The molecular weight excluding hydrogens is 607 g/mol. The Hall–Kier alpha value is -5.60. The highest BCUT2D eigenvalue weighted by Gasteiger charge is 2.39. The third kappa shape index (κ3) is 4.08. The first kappa shape index (κ1) is 29.3. The molecule has 0 spiro atoms. The van der Waals surface area contributed by atoms with Crippen molar-refractivity contribution in [1.29, 1.82) is 0 Å². The fourth-order valence-corrected chi connectivity index (χ4v) is 9.30. The summed E-state index contributed by atoms with van der Waals surface area (Å²) in [7, 11) is 0. The van der Waals surface area contributed by atoms with Gasteiger partial charge in [-0.2, -0.15) is 0 Å². The Balaban J connectivity index is 1.14. The third-order valence-electron chi connectivity index (χ3n) is 11.8. The highest BCUT2D eigenvalue weighted by molar-refractivity contribution is 6.11. The molecule has 7 aromatic rings. The van der Waals surface area contributed by atoms with E-state index in [9.17, 15) is 0 Å². The number of nitrogens with zero attached hydrogens (tertiary/aromatic N) is 1. The monoisotopic (exact) mass is 645 g/mol. The second-order valence-electron chi connectivity index (χ2n) is 15.3. The minimum atomic E-state index is -0.118. The van der Waals surface area contributed by atoms with Gasteiger partial charge in [-0.3, -0.25) is 0 Å². The van der Waals surface area contributed by atoms with E-state index >= 15 is 0 Å². The van der Waals surface area contributed by atoms with Crippen LogP contribution in [0.5, 0.6) is 0 Å². The number of hydrogen-bond acceptors (Lipinski definition) is 2. The zero-order valence-corrected chi connectivity index (χ0v) is 29.0. The molecule has 0 fully saturated rings. The van der Waals surface area contributed by atoms with Gasteiger partial charge in [0.1, 0.15) is 11.2 Å². The van der Waals surface area contributed by atoms with Crippen molar-refractivity contribution in [2.45, 2.75) is 51.4 Å². The molecule has 0 unspecified atom stereocenters. The van der Waals surface area contributed by atoms with Crippen LogP contribution >= 0.6 is 0 Å². The van der Waals surface area contributed by atoms with Crippen LogP contribution in [-0.4, -0.2) is 0 Å². The zero-order valence-electron chi connectivity index (χ0n) is 29.0. The molecule has 1 heterocycles. The van der Waals surface area contributed by atoms with Crippen molar-refractivity contribution in [3.63, 3.8) is 0 Å². The van der Waals surface area contributed by atoms with Crippen LogP contribution in [0.3, 0.4) is 0 Å². The van der Waals surface area contributed by atoms with Gasteiger partial charge in [0.25, 0.3) is 0 Å². The molecule has 0 N–H and O–H groups in total. The number of benzene rings is 6. The molecule has 0 saturated carbocycles. The van der Waals surface area contributed by atoms with Crippen molar-refractivity contribution in [2.24, 2.45) is 0 Å². The molecule has 242 valence electrons. The molecule has 0 aliphatic heterocycles. The lowest BCUT2D eigenvalue weighted by Gasteiger charge is -2.29. The van der Waals surface area contributed by atoms with Crippen LogP contribution < -0.4 is 4.90 Å². The molecule has 1 aromatic heterocycles. The second kappa shape index (κ2) is 10.5. The topological polar surface area (TPSA) is 16.4 Å². The van der Waals surface area contributed by atoms with E-state index in [0.29, 0.717) is 0 Å². The fourth-order valence-electron chi connectivity index (χ4n) is 9.30. The Morgan fingerprint density at radius 2 is 1.26 bits per heavy atom. The van der Waals surface area contributed by atoms with Gasteiger partial charge in [-0.1, -0.05) is 124 Å². The third-order valence-corrected chi connectivity index (χ3v) is 11.8. The Morgan fingerprint density at radius 1 is 0.560 bits per heavy atom. The standard InChI is InChI=1S/C48H39NO/c1-47(2)40-16-10-8-14-35(40)37-24-22-33(28-42(37)47)49(32-20-18-31(19-21-32)30-12-6-5-7-13-30)34-23-25-39-44(29-34)50-43-27-26-38-36-15-9-11-17-41(36)48(3,4)46(38)45(39)43/h5-9,11-15,17-29H,10,16H2,1-4H3. The fraction of sp³-hybridized carbons (Fsp3) is 0.167. The number of furan rings is 1. The number of fused-ring (bicyclic) bond motifs is 9. The smallest absolute Gasteiger partial charge is 0.137 e. The van der Waals surface area contributed by atoms with E-state index < -0.39 is 0 Å². The van der Waals surface area contributed by atoms with Crippen LogP contribution in [0.2, 0.25) is 0 Å². The summed E-state index contributed by atoms with van der Waals surface area (Å²) in [4.78, 5) is 2.40. The van der Waals surface area contributed by atoms with Crippen LogP contribution in [0.1, 0.15) is 62.8 Å². The Kier molecular flexibility index (Phi) is 6.13. The second-order valence-corrected chi connectivity index (χ2v) is 15.3. The summed E-state index contributed by atoms with van der Waals surface area (Å²) in [6, 6.07) is 46.7. The van der Waals surface area contributed by atoms with Gasteiger partial charge in [0.15, 0.2) is 0 Å². The van der Waals surface area contributed by atoms with Crippen molar-refractivity contribution in [2.75, 3.05) is 4.90 Å². The first-order chi connectivity index (χ1) is 24.3. The van der Waals surface area contributed by atoms with E-state index in [0.717, 1.165) is 41.1 Å². The Bertz CT molecular complexity index is 2580. The average Bonchev–Trinajstić information content (AvgIpc) is 3.71. The van der Waals surface area contributed by atoms with Gasteiger partial charge < -0.3 is 9.32 Å². The van der Waals surface area contributed by atoms with Gasteiger partial charge in [-0.05, 0) is 105 Å². The lowest BCUT2D eigenvalue weighted by atomic mass is 9.78. The van der Waals surface area contributed by atoms with E-state index in [-0.39, 0.29) is 10.8 Å². The van der Waals surface area contributed by atoms with E-state index in [1.54, 1.807) is 5.57 Å². The first-order valence-corrected chi connectivity index (χ1v) is 17.9. The van der Waals surface area contributed by atoms with Gasteiger partial charge in [-0.15, -0.1) is 0 Å². The summed E-state index contributed by atoms with van der Waals surface area (Å²) < 4.78 is 6.74. The molecule has 50 heavy (non-hydrogen) atoms. The van der Waals surface area contributed by atoms with E-state index in [4.69, 9.17) is 4.42 Å². The molecule has 10 rings (SSSR count). The molecular formula is C48H39NO. The average molecular weight is 646 g/mol. The summed E-state index contributed by atoms with van der Waals surface area (Å²) >= 11 is 0. The maximum absolute atomic E-state index is 6.74. The van der Waals surface area contributed by atoms with Crippen LogP contribution in [0.25, 0.3) is 49.8 Å². The van der Waals surface area contributed by atoms with Gasteiger partial charge in [0.05, 0.1) is 0 Å². The van der Waals surface area contributed by atoms with Crippen LogP contribution in [0, 0.1) is 0 Å². The van der Waals surface area contributed by atoms with E-state index in [1.807, 2.05) is 0 Å². The van der Waals surface area contributed by atoms with Gasteiger partial charge in [-0.25, -0.2) is 0 Å². The predicted octanol–water partition coefficient (Wildman–Crippen LogP) is 13.4. The largest absolute Gasteiger partial charge is 0.456 e. The molecule has 3 aliphatic carbocycles. The van der Waals surface area contributed by atoms with Crippen molar-refractivity contribution in [1.82, 2.24) is 0 Å². The van der Waals surface area contributed by atoms with Crippen molar-refractivity contribution in [3.05, 3.63) is 167 Å².